The molecule has 2 N–H and O–H groups in total. The van der Waals surface area contributed by atoms with Crippen LogP contribution >= 0.6 is 0 Å². The third-order valence-electron chi connectivity index (χ3n) is 3.47. The maximum absolute atomic E-state index is 11.5. The minimum absolute atomic E-state index is 0.0429. The van der Waals surface area contributed by atoms with E-state index >= 15 is 0 Å². The van der Waals surface area contributed by atoms with E-state index in [2.05, 4.69) is 6.07 Å². The van der Waals surface area contributed by atoms with E-state index in [0.717, 1.165) is 18.5 Å². The van der Waals surface area contributed by atoms with E-state index in [1.54, 1.807) is 0 Å². The van der Waals surface area contributed by atoms with Crippen LogP contribution in [-0.4, -0.2) is 13.1 Å². The van der Waals surface area contributed by atoms with Crippen LogP contribution < -0.4 is 5.73 Å². The van der Waals surface area contributed by atoms with Crippen molar-refractivity contribution in [3.05, 3.63) is 29.3 Å². The summed E-state index contributed by atoms with van der Waals surface area (Å²) in [7, 11) is 1.44. The van der Waals surface area contributed by atoms with Crippen LogP contribution in [0.2, 0.25) is 0 Å². The van der Waals surface area contributed by atoms with Gasteiger partial charge in [0, 0.05) is 5.69 Å². The molecule has 0 radical (unpaired) electrons. The number of carbonyl (C=O) groups excluding carboxylic acids is 1. The number of benzene rings is 1. The molecule has 3 heteroatoms. The van der Waals surface area contributed by atoms with Crippen molar-refractivity contribution < 1.29 is 9.53 Å². The van der Waals surface area contributed by atoms with Crippen LogP contribution in [0, 0.1) is 11.8 Å². The van der Waals surface area contributed by atoms with Gasteiger partial charge in [0.1, 0.15) is 0 Å². The maximum Gasteiger partial charge on any atom is 0.308 e. The average molecular weight is 219 g/mol. The molecule has 0 fully saturated rings. The first-order valence-corrected chi connectivity index (χ1v) is 5.57. The van der Waals surface area contributed by atoms with Crippen molar-refractivity contribution in [2.24, 2.45) is 11.8 Å². The number of hydrogen-bond acceptors (Lipinski definition) is 3. The van der Waals surface area contributed by atoms with Gasteiger partial charge in [-0.05, 0) is 42.0 Å². The number of anilines is 1. The number of hydrogen-bond donors (Lipinski definition) is 1. The molecule has 1 aromatic rings. The molecule has 1 aromatic carbocycles. The zero-order chi connectivity index (χ0) is 11.7. The molecule has 0 heterocycles. The fourth-order valence-corrected chi connectivity index (χ4v) is 2.40. The van der Waals surface area contributed by atoms with Crippen molar-refractivity contribution in [3.8, 4) is 0 Å². The van der Waals surface area contributed by atoms with Crippen LogP contribution in [0.3, 0.4) is 0 Å². The van der Waals surface area contributed by atoms with Gasteiger partial charge in [-0.25, -0.2) is 0 Å². The highest BCUT2D eigenvalue weighted by molar-refractivity contribution is 5.72. The number of nitrogen functional groups attached to an aromatic ring is 1. The highest BCUT2D eigenvalue weighted by Crippen LogP contribution is 2.33. The Balaban J connectivity index is 2.13. The van der Waals surface area contributed by atoms with Gasteiger partial charge in [0.2, 0.25) is 0 Å². The molecule has 1 aliphatic rings. The van der Waals surface area contributed by atoms with E-state index in [4.69, 9.17) is 10.5 Å². The Morgan fingerprint density at radius 3 is 2.81 bits per heavy atom. The van der Waals surface area contributed by atoms with Gasteiger partial charge >= 0.3 is 5.97 Å². The number of esters is 1. The van der Waals surface area contributed by atoms with Crippen LogP contribution in [0.5, 0.6) is 0 Å². The molecule has 0 saturated heterocycles. The fraction of sp³-hybridized carbons (Fsp3) is 0.462. The van der Waals surface area contributed by atoms with Gasteiger partial charge < -0.3 is 10.5 Å². The Kier molecular flexibility index (Phi) is 2.86. The number of fused-ring (bicyclic) bond motifs is 1. The summed E-state index contributed by atoms with van der Waals surface area (Å²) in [4.78, 5) is 11.5. The van der Waals surface area contributed by atoms with Crippen LogP contribution in [0.1, 0.15) is 18.1 Å². The van der Waals surface area contributed by atoms with Crippen molar-refractivity contribution in [1.29, 1.82) is 0 Å². The minimum atomic E-state index is -0.120. The normalized spacial score (nSPS) is 20.2. The highest BCUT2D eigenvalue weighted by atomic mass is 16.5. The third-order valence-corrected chi connectivity index (χ3v) is 3.47. The Hall–Kier alpha value is -1.51. The summed E-state index contributed by atoms with van der Waals surface area (Å²) in [5, 5.41) is 0. The number of rotatable bonds is 2. The maximum atomic E-state index is 11.5. The van der Waals surface area contributed by atoms with Gasteiger partial charge in [-0.3, -0.25) is 4.79 Å². The highest BCUT2D eigenvalue weighted by Gasteiger charge is 2.30. The summed E-state index contributed by atoms with van der Waals surface area (Å²) in [5.74, 6) is 0.189. The van der Waals surface area contributed by atoms with Crippen LogP contribution in [0.4, 0.5) is 5.69 Å². The lowest BCUT2D eigenvalue weighted by Crippen LogP contribution is -2.22. The van der Waals surface area contributed by atoms with Crippen molar-refractivity contribution in [3.63, 3.8) is 0 Å². The summed E-state index contributed by atoms with van der Waals surface area (Å²) in [6, 6.07) is 6.00. The standard InChI is InChI=1S/C13H17NO2/c1-8(13(15)16-2)10-5-9-3-4-12(14)7-11(9)6-10/h3-4,7-8,10H,5-6,14H2,1-2H3. The predicted octanol–water partition coefficient (Wildman–Crippen LogP) is 1.79. The second-order valence-corrected chi connectivity index (χ2v) is 4.51. The van der Waals surface area contributed by atoms with Gasteiger partial charge in [0.05, 0.1) is 13.0 Å². The summed E-state index contributed by atoms with van der Waals surface area (Å²) in [6.45, 7) is 1.94. The number of nitrogens with two attached hydrogens (primary N) is 1. The van der Waals surface area contributed by atoms with Crippen LogP contribution in [-0.2, 0) is 22.4 Å². The molecule has 16 heavy (non-hydrogen) atoms. The van der Waals surface area contributed by atoms with E-state index in [9.17, 15) is 4.79 Å². The molecule has 0 aliphatic heterocycles. The molecule has 0 aromatic heterocycles. The molecule has 2 atom stereocenters. The quantitative estimate of drug-likeness (QED) is 0.609. The SMILES string of the molecule is COC(=O)C(C)C1Cc2ccc(N)cc2C1. The Morgan fingerprint density at radius 1 is 1.44 bits per heavy atom. The first-order valence-electron chi connectivity index (χ1n) is 5.57. The fourth-order valence-electron chi connectivity index (χ4n) is 2.40. The molecular formula is C13H17NO2. The van der Waals surface area contributed by atoms with Gasteiger partial charge in [-0.15, -0.1) is 0 Å². The zero-order valence-electron chi connectivity index (χ0n) is 9.69. The molecule has 2 unspecified atom stereocenters. The molecule has 0 amide bonds. The summed E-state index contributed by atoms with van der Waals surface area (Å²) >= 11 is 0. The van der Waals surface area contributed by atoms with E-state index in [1.807, 2.05) is 19.1 Å². The molecule has 0 saturated carbocycles. The van der Waals surface area contributed by atoms with E-state index in [-0.39, 0.29) is 11.9 Å². The van der Waals surface area contributed by atoms with E-state index in [1.165, 1.54) is 18.2 Å². The number of carbonyl (C=O) groups is 1. The van der Waals surface area contributed by atoms with Crippen molar-refractivity contribution in [2.75, 3.05) is 12.8 Å². The Bertz CT molecular complexity index is 414. The Labute approximate surface area is 95.6 Å². The molecule has 3 nitrogen and oxygen atoms in total. The van der Waals surface area contributed by atoms with Gasteiger partial charge in [-0.1, -0.05) is 13.0 Å². The molecule has 1 aliphatic carbocycles. The molecule has 86 valence electrons. The van der Waals surface area contributed by atoms with Crippen molar-refractivity contribution in [2.45, 2.75) is 19.8 Å². The largest absolute Gasteiger partial charge is 0.469 e. The first kappa shape index (κ1) is 11.0. The topological polar surface area (TPSA) is 52.3 Å². The summed E-state index contributed by atoms with van der Waals surface area (Å²) in [5.41, 5.74) is 9.14. The van der Waals surface area contributed by atoms with Crippen LogP contribution in [0.25, 0.3) is 0 Å². The van der Waals surface area contributed by atoms with Crippen molar-refractivity contribution >= 4 is 11.7 Å². The van der Waals surface area contributed by atoms with Crippen LogP contribution in [0.15, 0.2) is 18.2 Å². The zero-order valence-corrected chi connectivity index (χ0v) is 9.69. The second-order valence-electron chi connectivity index (χ2n) is 4.51. The second kappa shape index (κ2) is 4.16. The lowest BCUT2D eigenvalue weighted by Gasteiger charge is -2.15. The molecular weight excluding hydrogens is 202 g/mol. The minimum Gasteiger partial charge on any atom is -0.469 e. The van der Waals surface area contributed by atoms with Gasteiger partial charge in [0.25, 0.3) is 0 Å². The molecule has 0 spiro atoms. The van der Waals surface area contributed by atoms with Gasteiger partial charge in [-0.2, -0.15) is 0 Å². The summed E-state index contributed by atoms with van der Waals surface area (Å²) < 4.78 is 4.78. The lowest BCUT2D eigenvalue weighted by molar-refractivity contribution is -0.146. The average Bonchev–Trinajstić information content (AvgIpc) is 2.69. The van der Waals surface area contributed by atoms with E-state index in [0.29, 0.717) is 5.92 Å². The molecule has 0 bridgehead atoms. The first-order chi connectivity index (χ1) is 7.61. The monoisotopic (exact) mass is 219 g/mol. The third kappa shape index (κ3) is 1.90. The summed E-state index contributed by atoms with van der Waals surface area (Å²) in [6.07, 6.45) is 1.88. The van der Waals surface area contributed by atoms with Gasteiger partial charge in [0.15, 0.2) is 0 Å². The smallest absolute Gasteiger partial charge is 0.308 e. The number of methoxy groups -OCH3 is 1. The number of ether oxygens (including phenoxy) is 1. The van der Waals surface area contributed by atoms with Crippen molar-refractivity contribution in [1.82, 2.24) is 0 Å². The van der Waals surface area contributed by atoms with E-state index < -0.39 is 0 Å². The molecule has 2 rings (SSSR count). The lowest BCUT2D eigenvalue weighted by atomic mass is 9.91. The predicted molar refractivity (Wildman–Crippen MR) is 62.9 cm³/mol. The Morgan fingerprint density at radius 2 is 2.12 bits per heavy atom.